The molecule has 0 unspecified atom stereocenters. The minimum Gasteiger partial charge on any atom is -0.479 e. The van der Waals surface area contributed by atoms with E-state index in [-0.39, 0.29) is 6.42 Å². The lowest BCUT2D eigenvalue weighted by Crippen LogP contribution is -2.22. The van der Waals surface area contributed by atoms with Gasteiger partial charge in [-0.2, -0.15) is 0 Å². The summed E-state index contributed by atoms with van der Waals surface area (Å²) >= 11 is 11.4. The van der Waals surface area contributed by atoms with Crippen LogP contribution >= 0.6 is 23.2 Å². The second kappa shape index (κ2) is 4.64. The molecule has 0 bridgehead atoms. The molecule has 76 valence electrons. The van der Waals surface area contributed by atoms with Gasteiger partial charge in [-0.15, -0.1) is 0 Å². The molecule has 0 aliphatic carbocycles. The monoisotopic (exact) mass is 234 g/mol. The summed E-state index contributed by atoms with van der Waals surface area (Å²) in [5.41, 5.74) is 0.561. The fourth-order valence-electron chi connectivity index (χ4n) is 0.983. The summed E-state index contributed by atoms with van der Waals surface area (Å²) in [6, 6.07) is 4.70. The first-order valence-electron chi connectivity index (χ1n) is 3.85. The molecular weight excluding hydrogens is 227 g/mol. The Balaban J connectivity index is 2.82. The number of hydrogen-bond donors (Lipinski definition) is 2. The highest BCUT2D eigenvalue weighted by atomic mass is 35.5. The lowest BCUT2D eigenvalue weighted by Gasteiger charge is -2.07. The van der Waals surface area contributed by atoms with Crippen LogP contribution in [0.15, 0.2) is 18.2 Å². The van der Waals surface area contributed by atoms with Crippen LogP contribution in [0.5, 0.6) is 0 Å². The summed E-state index contributed by atoms with van der Waals surface area (Å²) in [6.07, 6.45) is -1.46. The Morgan fingerprint density at radius 1 is 1.43 bits per heavy atom. The van der Waals surface area contributed by atoms with Gasteiger partial charge in [-0.3, -0.25) is 0 Å². The van der Waals surface area contributed by atoms with E-state index in [0.29, 0.717) is 15.6 Å². The van der Waals surface area contributed by atoms with Crippen molar-refractivity contribution in [3.8, 4) is 0 Å². The molecule has 0 aliphatic heterocycles. The Bertz CT molecular complexity index is 352. The van der Waals surface area contributed by atoms with Crippen LogP contribution in [0.25, 0.3) is 0 Å². The molecule has 2 N–H and O–H groups in total. The van der Waals surface area contributed by atoms with Crippen LogP contribution in [-0.2, 0) is 11.2 Å². The van der Waals surface area contributed by atoms with Gasteiger partial charge in [0.15, 0.2) is 6.10 Å². The molecule has 0 saturated carbocycles. The first-order chi connectivity index (χ1) is 6.50. The minimum absolute atomic E-state index is 0.0225. The van der Waals surface area contributed by atoms with Gasteiger partial charge in [0.25, 0.3) is 0 Å². The lowest BCUT2D eigenvalue weighted by atomic mass is 10.1. The molecular formula is C9H8Cl2O3. The standard InChI is InChI=1S/C9H8Cl2O3/c10-6-2-1-5(7(11)4-6)3-8(12)9(13)14/h1-2,4,8,12H,3H2,(H,13,14)/t8-/m0/s1. The van der Waals surface area contributed by atoms with Gasteiger partial charge >= 0.3 is 5.97 Å². The molecule has 3 nitrogen and oxygen atoms in total. The third kappa shape index (κ3) is 2.87. The molecule has 0 aromatic heterocycles. The van der Waals surface area contributed by atoms with Gasteiger partial charge in [0, 0.05) is 16.5 Å². The highest BCUT2D eigenvalue weighted by Gasteiger charge is 2.15. The van der Waals surface area contributed by atoms with Crippen molar-refractivity contribution in [3.63, 3.8) is 0 Å². The van der Waals surface area contributed by atoms with E-state index in [1.807, 2.05) is 0 Å². The summed E-state index contributed by atoms with van der Waals surface area (Å²) in [6.45, 7) is 0. The lowest BCUT2D eigenvalue weighted by molar-refractivity contribution is -0.146. The van der Waals surface area contributed by atoms with Crippen LogP contribution in [0.3, 0.4) is 0 Å². The molecule has 0 aliphatic rings. The van der Waals surface area contributed by atoms with Gasteiger partial charge < -0.3 is 10.2 Å². The van der Waals surface area contributed by atoms with Crippen molar-refractivity contribution in [2.24, 2.45) is 0 Å². The zero-order chi connectivity index (χ0) is 10.7. The molecule has 0 amide bonds. The number of aliphatic hydroxyl groups is 1. The zero-order valence-corrected chi connectivity index (χ0v) is 8.59. The molecule has 0 saturated heterocycles. The first-order valence-corrected chi connectivity index (χ1v) is 4.61. The van der Waals surface area contributed by atoms with Crippen LogP contribution in [0.2, 0.25) is 10.0 Å². The number of halogens is 2. The van der Waals surface area contributed by atoms with Crippen molar-refractivity contribution in [3.05, 3.63) is 33.8 Å². The molecule has 1 aromatic carbocycles. The number of rotatable bonds is 3. The second-order valence-corrected chi connectivity index (χ2v) is 3.64. The van der Waals surface area contributed by atoms with E-state index in [0.717, 1.165) is 0 Å². The van der Waals surface area contributed by atoms with Crippen LogP contribution in [-0.4, -0.2) is 22.3 Å². The summed E-state index contributed by atoms with van der Waals surface area (Å²) in [4.78, 5) is 10.4. The Kier molecular flexibility index (Phi) is 3.75. The number of aliphatic carboxylic acids is 1. The van der Waals surface area contributed by atoms with Crippen molar-refractivity contribution in [2.75, 3.05) is 0 Å². The number of carboxylic acids is 1. The molecule has 0 spiro atoms. The third-order valence-corrected chi connectivity index (χ3v) is 2.30. The van der Waals surface area contributed by atoms with Crippen molar-refractivity contribution >= 4 is 29.2 Å². The van der Waals surface area contributed by atoms with Crippen LogP contribution < -0.4 is 0 Å². The van der Waals surface area contributed by atoms with Gasteiger partial charge in [0.05, 0.1) is 0 Å². The second-order valence-electron chi connectivity index (χ2n) is 2.79. The molecule has 1 rings (SSSR count). The fraction of sp³-hybridized carbons (Fsp3) is 0.222. The SMILES string of the molecule is O=C(O)[C@@H](O)Cc1ccc(Cl)cc1Cl. The molecule has 0 radical (unpaired) electrons. The predicted molar refractivity (Wildman–Crippen MR) is 53.8 cm³/mol. The molecule has 5 heteroatoms. The summed E-state index contributed by atoms with van der Waals surface area (Å²) in [7, 11) is 0. The van der Waals surface area contributed by atoms with Gasteiger partial charge in [0.2, 0.25) is 0 Å². The Hall–Kier alpha value is -0.770. The van der Waals surface area contributed by atoms with Crippen molar-refractivity contribution in [2.45, 2.75) is 12.5 Å². The topological polar surface area (TPSA) is 57.5 Å². The average Bonchev–Trinajstić information content (AvgIpc) is 2.09. The van der Waals surface area contributed by atoms with Gasteiger partial charge in [-0.05, 0) is 17.7 Å². The molecule has 1 atom stereocenters. The Labute approximate surface area is 90.9 Å². The number of carboxylic acid groups (broad SMARTS) is 1. The van der Waals surface area contributed by atoms with Crippen molar-refractivity contribution in [1.82, 2.24) is 0 Å². The third-order valence-electron chi connectivity index (χ3n) is 1.71. The van der Waals surface area contributed by atoms with E-state index in [9.17, 15) is 4.79 Å². The van der Waals surface area contributed by atoms with Gasteiger partial charge in [-0.25, -0.2) is 4.79 Å². The largest absolute Gasteiger partial charge is 0.479 e. The first kappa shape index (κ1) is 11.3. The molecule has 0 heterocycles. The van der Waals surface area contributed by atoms with Crippen LogP contribution in [0, 0.1) is 0 Å². The van der Waals surface area contributed by atoms with E-state index >= 15 is 0 Å². The van der Waals surface area contributed by atoms with E-state index in [1.54, 1.807) is 12.1 Å². The van der Waals surface area contributed by atoms with Crippen molar-refractivity contribution in [1.29, 1.82) is 0 Å². The van der Waals surface area contributed by atoms with E-state index in [4.69, 9.17) is 33.4 Å². The van der Waals surface area contributed by atoms with E-state index in [2.05, 4.69) is 0 Å². The molecule has 0 fully saturated rings. The highest BCUT2D eigenvalue weighted by molar-refractivity contribution is 6.35. The van der Waals surface area contributed by atoms with Crippen molar-refractivity contribution < 1.29 is 15.0 Å². The maximum absolute atomic E-state index is 10.4. The Morgan fingerprint density at radius 3 is 2.57 bits per heavy atom. The number of hydrogen-bond acceptors (Lipinski definition) is 2. The zero-order valence-electron chi connectivity index (χ0n) is 7.08. The quantitative estimate of drug-likeness (QED) is 0.842. The van der Waals surface area contributed by atoms with E-state index < -0.39 is 12.1 Å². The average molecular weight is 235 g/mol. The minimum atomic E-state index is -1.44. The van der Waals surface area contributed by atoms with Crippen LogP contribution in [0.4, 0.5) is 0 Å². The van der Waals surface area contributed by atoms with Gasteiger partial charge in [-0.1, -0.05) is 29.3 Å². The smallest absolute Gasteiger partial charge is 0.332 e. The fourth-order valence-corrected chi connectivity index (χ4v) is 1.47. The molecule has 1 aromatic rings. The normalized spacial score (nSPS) is 12.5. The number of aliphatic hydroxyl groups excluding tert-OH is 1. The molecule has 14 heavy (non-hydrogen) atoms. The summed E-state index contributed by atoms with van der Waals surface area (Å²) in [5.74, 6) is -1.27. The van der Waals surface area contributed by atoms with E-state index in [1.165, 1.54) is 6.07 Å². The number of carbonyl (C=O) groups is 1. The summed E-state index contributed by atoms with van der Waals surface area (Å²) < 4.78 is 0. The maximum atomic E-state index is 10.4. The van der Waals surface area contributed by atoms with Gasteiger partial charge in [0.1, 0.15) is 0 Å². The van der Waals surface area contributed by atoms with Crippen LogP contribution in [0.1, 0.15) is 5.56 Å². The predicted octanol–water partition coefficient (Wildman–Crippen LogP) is 1.98. The Morgan fingerprint density at radius 2 is 2.07 bits per heavy atom. The highest BCUT2D eigenvalue weighted by Crippen LogP contribution is 2.22. The number of benzene rings is 1. The maximum Gasteiger partial charge on any atom is 0.332 e. The summed E-state index contributed by atoms with van der Waals surface area (Å²) in [5, 5.41) is 18.4.